The number of nitrogens with zero attached hydrogens (tertiary/aromatic N) is 1. The van der Waals surface area contributed by atoms with Crippen molar-refractivity contribution in [3.8, 4) is 0 Å². The average Bonchev–Trinajstić information content (AvgIpc) is 2.23. The van der Waals surface area contributed by atoms with E-state index in [0.29, 0.717) is 5.70 Å². The van der Waals surface area contributed by atoms with Gasteiger partial charge in [-0.3, -0.25) is 0 Å². The molecule has 0 rings (SSSR count). The van der Waals surface area contributed by atoms with E-state index in [1.165, 1.54) is 13.8 Å². The molecule has 0 aliphatic carbocycles. The third kappa shape index (κ3) is 3.77. The van der Waals surface area contributed by atoms with Gasteiger partial charge in [-0.05, 0) is 20.8 Å². The van der Waals surface area contributed by atoms with Crippen LogP contribution in [0.2, 0.25) is 0 Å². The highest BCUT2D eigenvalue weighted by atomic mass is 19.3. The van der Waals surface area contributed by atoms with Crippen LogP contribution >= 0.6 is 0 Å². The lowest BCUT2D eigenvalue weighted by molar-refractivity contribution is 0.0140. The first-order valence-corrected chi connectivity index (χ1v) is 4.47. The zero-order valence-electron chi connectivity index (χ0n) is 9.02. The number of aliphatic imine (C=N–C) groups is 1. The summed E-state index contributed by atoms with van der Waals surface area (Å²) in [5.74, 6) is -3.55. The minimum Gasteiger partial charge on any atom is -0.398 e. The van der Waals surface area contributed by atoms with E-state index in [9.17, 15) is 13.2 Å². The maximum atomic E-state index is 12.9. The first-order chi connectivity index (χ1) is 6.88. The molecule has 5 heteroatoms. The van der Waals surface area contributed by atoms with E-state index >= 15 is 0 Å². The monoisotopic (exact) mass is 220 g/mol. The molecular formula is C10H15F3N2. The Morgan fingerprint density at radius 2 is 1.87 bits per heavy atom. The number of allylic oxidation sites excluding steroid dienone is 4. The van der Waals surface area contributed by atoms with Crippen molar-refractivity contribution in [2.24, 2.45) is 10.7 Å². The fourth-order valence-corrected chi connectivity index (χ4v) is 0.880. The molecule has 0 amide bonds. The summed E-state index contributed by atoms with van der Waals surface area (Å²) in [6, 6.07) is 0. The van der Waals surface area contributed by atoms with E-state index in [4.69, 9.17) is 5.73 Å². The second kappa shape index (κ2) is 5.58. The van der Waals surface area contributed by atoms with Crippen molar-refractivity contribution in [1.82, 2.24) is 0 Å². The molecule has 0 bridgehead atoms. The molecule has 86 valence electrons. The molecule has 0 saturated carbocycles. The zero-order chi connectivity index (χ0) is 12.1. The van der Waals surface area contributed by atoms with Gasteiger partial charge in [-0.2, -0.15) is 8.78 Å². The van der Waals surface area contributed by atoms with Gasteiger partial charge in [-0.15, -0.1) is 0 Å². The smallest absolute Gasteiger partial charge is 0.317 e. The molecule has 2 nitrogen and oxygen atoms in total. The maximum absolute atomic E-state index is 12.9. The molecule has 15 heavy (non-hydrogen) atoms. The average molecular weight is 220 g/mol. The largest absolute Gasteiger partial charge is 0.398 e. The Bertz CT molecular complexity index is 304. The predicted molar refractivity (Wildman–Crippen MR) is 55.7 cm³/mol. The molecule has 0 spiro atoms. The van der Waals surface area contributed by atoms with Gasteiger partial charge >= 0.3 is 5.92 Å². The molecule has 0 aliphatic heterocycles. The van der Waals surface area contributed by atoms with E-state index in [1.807, 2.05) is 0 Å². The van der Waals surface area contributed by atoms with Crippen molar-refractivity contribution in [2.45, 2.75) is 26.7 Å². The molecule has 0 saturated heterocycles. The Morgan fingerprint density at radius 3 is 2.20 bits per heavy atom. The fourth-order valence-electron chi connectivity index (χ4n) is 0.880. The minimum absolute atomic E-state index is 0.249. The first-order valence-electron chi connectivity index (χ1n) is 4.47. The lowest BCUT2D eigenvalue weighted by atomic mass is 10.2. The van der Waals surface area contributed by atoms with Crippen molar-refractivity contribution in [1.29, 1.82) is 0 Å². The Labute approximate surface area is 87.4 Å². The molecule has 0 aromatic rings. The Kier molecular flexibility index (Phi) is 5.11. The van der Waals surface area contributed by atoms with Crippen molar-refractivity contribution in [2.75, 3.05) is 6.67 Å². The molecule has 2 N–H and O–H groups in total. The number of rotatable bonds is 4. The van der Waals surface area contributed by atoms with Crippen LogP contribution in [0.5, 0.6) is 0 Å². The number of nitrogens with two attached hydrogens (primary N) is 1. The Balaban J connectivity index is 5.07. The number of hydrogen-bond acceptors (Lipinski definition) is 2. The third-order valence-electron chi connectivity index (χ3n) is 1.83. The van der Waals surface area contributed by atoms with Crippen LogP contribution in [0.1, 0.15) is 20.8 Å². The second-order valence-electron chi connectivity index (χ2n) is 2.95. The van der Waals surface area contributed by atoms with Crippen LogP contribution < -0.4 is 5.73 Å². The fraction of sp³-hybridized carbons (Fsp3) is 0.500. The Morgan fingerprint density at radius 1 is 1.33 bits per heavy atom. The van der Waals surface area contributed by atoms with Gasteiger partial charge in [0.2, 0.25) is 0 Å². The van der Waals surface area contributed by atoms with Crippen molar-refractivity contribution in [3.63, 3.8) is 0 Å². The summed E-state index contributed by atoms with van der Waals surface area (Å²) in [5, 5.41) is 0. The Hall–Kier alpha value is -1.26. The zero-order valence-corrected chi connectivity index (χ0v) is 9.02. The second-order valence-corrected chi connectivity index (χ2v) is 2.95. The normalized spacial score (nSPS) is 15.7. The van der Waals surface area contributed by atoms with Gasteiger partial charge in [0.25, 0.3) is 0 Å². The van der Waals surface area contributed by atoms with E-state index in [-0.39, 0.29) is 5.71 Å². The lowest BCUT2D eigenvalue weighted by Crippen LogP contribution is -2.22. The molecule has 0 fully saturated rings. The van der Waals surface area contributed by atoms with E-state index < -0.39 is 18.3 Å². The summed E-state index contributed by atoms with van der Waals surface area (Å²) in [6.45, 7) is 2.77. The van der Waals surface area contributed by atoms with Crippen molar-refractivity contribution in [3.05, 3.63) is 23.5 Å². The van der Waals surface area contributed by atoms with Gasteiger partial charge in [0.15, 0.2) is 6.67 Å². The highest BCUT2D eigenvalue weighted by molar-refractivity contribution is 5.97. The molecule has 0 radical (unpaired) electrons. The summed E-state index contributed by atoms with van der Waals surface area (Å²) in [6.07, 6.45) is 2.62. The standard InChI is InChI=1S/C10H15F3N2/c1-4-8(14)7(3)15-9(5-2)10(12,13)6-11/h4-5H,6,14H2,1-3H3/b8-4+,9-5-,15-7-. The van der Waals surface area contributed by atoms with Gasteiger partial charge < -0.3 is 5.73 Å². The van der Waals surface area contributed by atoms with Crippen LogP contribution in [0.4, 0.5) is 13.2 Å². The summed E-state index contributed by atoms with van der Waals surface area (Å²) in [5.41, 5.74) is 5.41. The predicted octanol–water partition coefficient (Wildman–Crippen LogP) is 2.82. The lowest BCUT2D eigenvalue weighted by Gasteiger charge is -2.13. The van der Waals surface area contributed by atoms with Crippen LogP contribution in [0.15, 0.2) is 28.5 Å². The van der Waals surface area contributed by atoms with Crippen LogP contribution in [-0.4, -0.2) is 18.3 Å². The van der Waals surface area contributed by atoms with Crippen molar-refractivity contribution < 1.29 is 13.2 Å². The van der Waals surface area contributed by atoms with Crippen LogP contribution in [-0.2, 0) is 0 Å². The molecule has 0 aliphatic rings. The summed E-state index contributed by atoms with van der Waals surface area (Å²) >= 11 is 0. The van der Waals surface area contributed by atoms with Crippen molar-refractivity contribution >= 4 is 5.71 Å². The molecular weight excluding hydrogens is 205 g/mol. The third-order valence-corrected chi connectivity index (χ3v) is 1.83. The van der Waals surface area contributed by atoms with E-state index in [0.717, 1.165) is 6.08 Å². The highest BCUT2D eigenvalue weighted by Crippen LogP contribution is 2.26. The van der Waals surface area contributed by atoms with Gasteiger partial charge in [-0.25, -0.2) is 9.38 Å². The van der Waals surface area contributed by atoms with Crippen LogP contribution in [0.25, 0.3) is 0 Å². The first kappa shape index (κ1) is 13.7. The topological polar surface area (TPSA) is 38.4 Å². The maximum Gasteiger partial charge on any atom is 0.317 e. The molecule has 0 aromatic heterocycles. The van der Waals surface area contributed by atoms with Gasteiger partial charge in [0.05, 0.1) is 5.71 Å². The van der Waals surface area contributed by atoms with Gasteiger partial charge in [0.1, 0.15) is 5.70 Å². The van der Waals surface area contributed by atoms with Gasteiger partial charge in [0, 0.05) is 5.70 Å². The van der Waals surface area contributed by atoms with E-state index in [2.05, 4.69) is 4.99 Å². The van der Waals surface area contributed by atoms with E-state index in [1.54, 1.807) is 13.0 Å². The highest BCUT2D eigenvalue weighted by Gasteiger charge is 2.34. The molecule has 0 atom stereocenters. The number of hydrogen-bond donors (Lipinski definition) is 1. The summed E-state index contributed by atoms with van der Waals surface area (Å²) in [7, 11) is 0. The minimum atomic E-state index is -3.55. The molecule has 0 heterocycles. The molecule has 0 aromatic carbocycles. The van der Waals surface area contributed by atoms with Crippen LogP contribution in [0, 0.1) is 0 Å². The SMILES string of the molecule is C\C=C(/N=C(C)\C(N)=C/C)C(F)(F)CF. The number of alkyl halides is 3. The van der Waals surface area contributed by atoms with Crippen LogP contribution in [0.3, 0.4) is 0 Å². The number of halogens is 3. The summed E-state index contributed by atoms with van der Waals surface area (Å²) < 4.78 is 37.9. The summed E-state index contributed by atoms with van der Waals surface area (Å²) in [4.78, 5) is 3.60. The molecule has 0 unspecified atom stereocenters. The van der Waals surface area contributed by atoms with Gasteiger partial charge in [-0.1, -0.05) is 12.2 Å². The quantitative estimate of drug-likeness (QED) is 0.727.